The van der Waals surface area contributed by atoms with Gasteiger partial charge in [0.05, 0.1) is 45.1 Å². The summed E-state index contributed by atoms with van der Waals surface area (Å²) in [6.07, 6.45) is 0. The lowest BCUT2D eigenvalue weighted by Gasteiger charge is -2.26. The van der Waals surface area contributed by atoms with E-state index in [1.54, 1.807) is 33.5 Å². The third-order valence-electron chi connectivity index (χ3n) is 5.44. The van der Waals surface area contributed by atoms with Gasteiger partial charge in [0, 0.05) is 17.2 Å². The minimum atomic E-state index is -0.617. The molecule has 1 unspecified atom stereocenters. The van der Waals surface area contributed by atoms with Gasteiger partial charge in [-0.2, -0.15) is 5.26 Å². The van der Waals surface area contributed by atoms with Crippen molar-refractivity contribution in [3.8, 4) is 46.2 Å². The minimum Gasteiger partial charge on any atom is -0.496 e. The number of aromatic nitrogens is 2. The molecule has 1 atom stereocenters. The van der Waals surface area contributed by atoms with Gasteiger partial charge in [0.15, 0.2) is 11.5 Å². The number of ether oxygens (including phenoxy) is 5. The van der Waals surface area contributed by atoms with Crippen LogP contribution in [0.3, 0.4) is 0 Å². The van der Waals surface area contributed by atoms with Gasteiger partial charge >= 0.3 is 0 Å². The molecule has 0 radical (unpaired) electrons. The molecule has 4 rings (SSSR count). The second-order valence-electron chi connectivity index (χ2n) is 7.15. The average Bonchev–Trinajstić information content (AvgIpc) is 3.26. The summed E-state index contributed by atoms with van der Waals surface area (Å²) in [5.41, 5.74) is 9.21. The van der Waals surface area contributed by atoms with E-state index in [4.69, 9.17) is 29.4 Å². The molecule has 33 heavy (non-hydrogen) atoms. The number of nitrogens with two attached hydrogens (primary N) is 1. The number of nitriles is 1. The van der Waals surface area contributed by atoms with E-state index in [2.05, 4.69) is 16.3 Å². The number of hydrogen-bond acceptors (Lipinski definition) is 8. The fourth-order valence-electron chi connectivity index (χ4n) is 3.94. The number of hydrogen-bond donors (Lipinski definition) is 2. The zero-order valence-corrected chi connectivity index (χ0v) is 18.8. The Morgan fingerprint density at radius 2 is 1.73 bits per heavy atom. The van der Waals surface area contributed by atoms with Crippen LogP contribution in [-0.4, -0.2) is 38.1 Å². The SMILES string of the molecule is CCOc1ccc(-c2[nH]nc3c2C(c2cc(OC)c(OC)cc2OC)C(C#N)=C(N)O3)cc1. The molecule has 3 aromatic rings. The third-order valence-corrected chi connectivity index (χ3v) is 5.44. The summed E-state index contributed by atoms with van der Waals surface area (Å²) >= 11 is 0. The van der Waals surface area contributed by atoms with E-state index < -0.39 is 5.92 Å². The third kappa shape index (κ3) is 3.76. The second kappa shape index (κ2) is 9.04. The van der Waals surface area contributed by atoms with Gasteiger partial charge in [-0.25, -0.2) is 0 Å². The van der Waals surface area contributed by atoms with Gasteiger partial charge < -0.3 is 29.4 Å². The van der Waals surface area contributed by atoms with Gasteiger partial charge in [0.2, 0.25) is 11.8 Å². The number of rotatable bonds is 7. The van der Waals surface area contributed by atoms with E-state index in [0.29, 0.717) is 40.7 Å². The van der Waals surface area contributed by atoms with Gasteiger partial charge in [-0.1, -0.05) is 0 Å². The predicted molar refractivity (Wildman–Crippen MR) is 121 cm³/mol. The number of fused-ring (bicyclic) bond motifs is 1. The summed E-state index contributed by atoms with van der Waals surface area (Å²) in [6, 6.07) is 13.3. The molecule has 0 bridgehead atoms. The number of nitrogens with zero attached hydrogens (tertiary/aromatic N) is 2. The maximum Gasteiger partial charge on any atom is 0.244 e. The van der Waals surface area contributed by atoms with E-state index in [9.17, 15) is 5.26 Å². The first-order chi connectivity index (χ1) is 16.1. The zero-order chi connectivity index (χ0) is 23.5. The van der Waals surface area contributed by atoms with Crippen molar-refractivity contribution in [1.82, 2.24) is 10.2 Å². The van der Waals surface area contributed by atoms with Crippen molar-refractivity contribution in [3.63, 3.8) is 0 Å². The average molecular weight is 448 g/mol. The lowest BCUT2D eigenvalue weighted by atomic mass is 9.82. The molecule has 3 N–H and O–H groups in total. The minimum absolute atomic E-state index is 0.0171. The molecule has 0 amide bonds. The van der Waals surface area contributed by atoms with E-state index in [0.717, 1.165) is 11.3 Å². The molecule has 1 aromatic heterocycles. The van der Waals surface area contributed by atoms with Crippen LogP contribution in [0.15, 0.2) is 47.9 Å². The highest BCUT2D eigenvalue weighted by molar-refractivity contribution is 5.72. The van der Waals surface area contributed by atoms with E-state index in [1.165, 1.54) is 0 Å². The Hall–Kier alpha value is -4.32. The van der Waals surface area contributed by atoms with Gasteiger partial charge in [-0.05, 0) is 37.3 Å². The molecule has 2 heterocycles. The maximum absolute atomic E-state index is 9.99. The fourth-order valence-corrected chi connectivity index (χ4v) is 3.94. The number of allylic oxidation sites excluding steroid dienone is 1. The van der Waals surface area contributed by atoms with Crippen molar-refractivity contribution in [1.29, 1.82) is 5.26 Å². The first-order valence-corrected chi connectivity index (χ1v) is 10.2. The first-order valence-electron chi connectivity index (χ1n) is 10.2. The second-order valence-corrected chi connectivity index (χ2v) is 7.15. The molecule has 1 aliphatic heterocycles. The molecular weight excluding hydrogens is 424 g/mol. The van der Waals surface area contributed by atoms with Crippen LogP contribution in [0.5, 0.6) is 28.9 Å². The van der Waals surface area contributed by atoms with Crippen LogP contribution < -0.4 is 29.4 Å². The maximum atomic E-state index is 9.99. The lowest BCUT2D eigenvalue weighted by molar-refractivity contribution is 0.340. The van der Waals surface area contributed by atoms with E-state index in [-0.39, 0.29) is 17.3 Å². The Labute approximate surface area is 191 Å². The molecule has 0 fully saturated rings. The van der Waals surface area contributed by atoms with Crippen molar-refractivity contribution in [2.24, 2.45) is 5.73 Å². The van der Waals surface area contributed by atoms with Gasteiger partial charge in [0.25, 0.3) is 0 Å². The van der Waals surface area contributed by atoms with Crippen LogP contribution in [0.2, 0.25) is 0 Å². The summed E-state index contributed by atoms with van der Waals surface area (Å²) in [6.45, 7) is 2.50. The van der Waals surface area contributed by atoms with E-state index in [1.807, 2.05) is 31.2 Å². The highest BCUT2D eigenvalue weighted by Crippen LogP contribution is 2.50. The normalized spacial score (nSPS) is 14.7. The van der Waals surface area contributed by atoms with Crippen molar-refractivity contribution < 1.29 is 23.7 Å². The molecule has 1 aliphatic rings. The number of methoxy groups -OCH3 is 3. The molecule has 0 aliphatic carbocycles. The molecule has 0 saturated heterocycles. The molecule has 9 nitrogen and oxygen atoms in total. The van der Waals surface area contributed by atoms with Crippen LogP contribution in [0.25, 0.3) is 11.3 Å². The molecule has 9 heteroatoms. The van der Waals surface area contributed by atoms with Crippen LogP contribution in [0.4, 0.5) is 0 Å². The van der Waals surface area contributed by atoms with Crippen LogP contribution in [-0.2, 0) is 0 Å². The van der Waals surface area contributed by atoms with Gasteiger partial charge in [-0.3, -0.25) is 5.10 Å². The Morgan fingerprint density at radius 3 is 2.33 bits per heavy atom. The Bertz CT molecular complexity index is 1240. The number of aromatic amines is 1. The Morgan fingerprint density at radius 1 is 1.06 bits per heavy atom. The summed E-state index contributed by atoms with van der Waals surface area (Å²) in [5, 5.41) is 17.3. The summed E-state index contributed by atoms with van der Waals surface area (Å²) < 4.78 is 27.8. The van der Waals surface area contributed by atoms with Crippen molar-refractivity contribution in [2.45, 2.75) is 12.8 Å². The monoisotopic (exact) mass is 448 g/mol. The largest absolute Gasteiger partial charge is 0.496 e. The first kappa shape index (κ1) is 21.9. The number of benzene rings is 2. The van der Waals surface area contributed by atoms with Gasteiger partial charge in [-0.15, -0.1) is 5.10 Å². The van der Waals surface area contributed by atoms with E-state index >= 15 is 0 Å². The zero-order valence-electron chi connectivity index (χ0n) is 18.8. The van der Waals surface area contributed by atoms with Gasteiger partial charge in [0.1, 0.15) is 23.1 Å². The predicted octanol–water partition coefficient (Wildman–Crippen LogP) is 3.72. The topological polar surface area (TPSA) is 125 Å². The lowest BCUT2D eigenvalue weighted by Crippen LogP contribution is -2.21. The Balaban J connectivity index is 1.94. The van der Waals surface area contributed by atoms with Crippen LogP contribution in [0.1, 0.15) is 24.0 Å². The standard InChI is InChI=1S/C24H24N4O5/c1-5-32-14-8-6-13(7-9-14)22-21-20(16(12-25)23(26)33-24(21)28-27-22)15-10-18(30-3)19(31-4)11-17(15)29-2/h6-11,20H,5,26H2,1-4H3,(H,27,28). The molecule has 0 spiro atoms. The molecule has 170 valence electrons. The quantitative estimate of drug-likeness (QED) is 0.560. The highest BCUT2D eigenvalue weighted by Gasteiger charge is 2.37. The molecule has 0 saturated carbocycles. The molecular formula is C24H24N4O5. The van der Waals surface area contributed by atoms with Crippen LogP contribution >= 0.6 is 0 Å². The van der Waals surface area contributed by atoms with Crippen LogP contribution in [0, 0.1) is 11.3 Å². The number of nitrogens with one attached hydrogen (secondary N) is 1. The highest BCUT2D eigenvalue weighted by atomic mass is 16.5. The Kier molecular flexibility index (Phi) is 6.00. The smallest absolute Gasteiger partial charge is 0.244 e. The van der Waals surface area contributed by atoms with Crippen molar-refractivity contribution in [2.75, 3.05) is 27.9 Å². The fraction of sp³-hybridized carbons (Fsp3) is 0.250. The molecule has 2 aromatic carbocycles. The summed E-state index contributed by atoms with van der Waals surface area (Å²) in [5.74, 6) is 1.90. The van der Waals surface area contributed by atoms with Crippen molar-refractivity contribution >= 4 is 0 Å². The van der Waals surface area contributed by atoms with Crippen molar-refractivity contribution in [3.05, 3.63) is 59.0 Å². The summed E-state index contributed by atoms with van der Waals surface area (Å²) in [4.78, 5) is 0. The summed E-state index contributed by atoms with van der Waals surface area (Å²) in [7, 11) is 4.64. The number of H-pyrrole nitrogens is 1.